The summed E-state index contributed by atoms with van der Waals surface area (Å²) in [5, 5.41) is 0. The smallest absolute Gasteiger partial charge is 1.00 e. The van der Waals surface area contributed by atoms with Crippen LogP contribution in [0.5, 0.6) is 0 Å². The predicted octanol–water partition coefficient (Wildman–Crippen LogP) is -0.551. The van der Waals surface area contributed by atoms with E-state index in [0.29, 0.717) is 0 Å². The van der Waals surface area contributed by atoms with Crippen LogP contribution in [-0.2, 0) is 25.8 Å². The Morgan fingerprint density at radius 3 is 1.33 bits per heavy atom. The molecular weight excluding hydrogens is 648 g/mol. The van der Waals surface area contributed by atoms with Crippen molar-refractivity contribution in [2.75, 3.05) is 0 Å². The van der Waals surface area contributed by atoms with Crippen LogP contribution in [0.25, 0.3) is 0 Å². The fraction of sp³-hybridized carbons (Fsp3) is 0.556. The molecule has 2 rings (SSSR count). The minimum Gasteiger partial charge on any atom is -1.00 e. The van der Waals surface area contributed by atoms with E-state index in [2.05, 4.69) is 64.2 Å². The van der Waals surface area contributed by atoms with Crippen LogP contribution in [0, 0.1) is 24.0 Å². The number of allylic oxidation sites excluding steroid dienone is 8. The summed E-state index contributed by atoms with van der Waals surface area (Å²) in [5.74, 6) is 1.55. The van der Waals surface area contributed by atoms with Crippen molar-refractivity contribution in [1.82, 2.24) is 0 Å². The maximum atomic E-state index is 3.29. The summed E-state index contributed by atoms with van der Waals surface area (Å²) >= 11 is 0. The van der Waals surface area contributed by atoms with E-state index in [-0.39, 0.29) is 73.8 Å². The third-order valence-corrected chi connectivity index (χ3v) is 2.79. The summed E-state index contributed by atoms with van der Waals surface area (Å²) < 4.78 is 0. The van der Waals surface area contributed by atoms with E-state index in [0.717, 1.165) is 24.7 Å². The van der Waals surface area contributed by atoms with Crippen LogP contribution in [0.4, 0.5) is 0 Å². The molecule has 0 radical (unpaired) electrons. The molecule has 21 heavy (non-hydrogen) atoms. The van der Waals surface area contributed by atoms with E-state index in [4.69, 9.17) is 0 Å². The molecule has 2 aliphatic carbocycles. The zero-order valence-electron chi connectivity index (χ0n) is 13.5. The van der Waals surface area contributed by atoms with Crippen molar-refractivity contribution >= 4 is 0 Å². The van der Waals surface area contributed by atoms with Crippen LogP contribution in [0.15, 0.2) is 35.5 Å². The first-order valence-corrected chi connectivity index (χ1v) is 7.10. The topological polar surface area (TPSA) is 0 Å². The van der Waals surface area contributed by atoms with Crippen molar-refractivity contribution in [3.8, 4) is 0 Å². The van der Waals surface area contributed by atoms with Gasteiger partial charge in [-0.25, -0.2) is 23.3 Å². The molecule has 0 spiro atoms. The predicted molar refractivity (Wildman–Crippen MR) is 79.9 cm³/mol. The molecule has 0 saturated heterocycles. The molecule has 0 bridgehead atoms. The second kappa shape index (κ2) is 16.2. The molecule has 0 aromatic carbocycles. The molecule has 0 aromatic heterocycles. The van der Waals surface area contributed by atoms with Crippen LogP contribution < -0.4 is 48.0 Å². The van der Waals surface area contributed by atoms with Gasteiger partial charge in [-0.1, -0.05) is 40.5 Å². The molecule has 0 heterocycles. The normalized spacial score (nSPS) is 14.6. The number of halogens is 2. The van der Waals surface area contributed by atoms with Gasteiger partial charge in [-0.3, -0.25) is 12.2 Å². The fourth-order valence-electron chi connectivity index (χ4n) is 2.06. The van der Waals surface area contributed by atoms with Crippen molar-refractivity contribution < 1.29 is 73.8 Å². The molecule has 2 aliphatic rings. The molecule has 0 saturated carbocycles. The molecule has 0 N–H and O–H groups in total. The van der Waals surface area contributed by atoms with E-state index in [1.807, 2.05) is 0 Å². The zero-order chi connectivity index (χ0) is 13.4. The molecule has 0 aromatic rings. The number of hydrogen-bond acceptors (Lipinski definition) is 0. The van der Waals surface area contributed by atoms with Gasteiger partial charge in [0.1, 0.15) is 0 Å². The standard InChI is InChI=1S/2C9H13.Hf.2HI/c2*1-8(2)7-9-5-3-4-6-9;;;/h2*3,5,8H,4,7H2,1-2H3;;2*1H/q2*-1;+4;;/p-2. The van der Waals surface area contributed by atoms with E-state index in [1.54, 1.807) is 0 Å². The summed E-state index contributed by atoms with van der Waals surface area (Å²) in [4.78, 5) is 0. The Bertz CT molecular complexity index is 327. The average Bonchev–Trinajstić information content (AvgIpc) is 2.90. The Morgan fingerprint density at radius 2 is 1.14 bits per heavy atom. The first-order valence-electron chi connectivity index (χ1n) is 7.10. The Hall–Kier alpha value is 1.29. The van der Waals surface area contributed by atoms with E-state index in [1.165, 1.54) is 24.0 Å². The van der Waals surface area contributed by atoms with Gasteiger partial charge < -0.3 is 48.0 Å². The van der Waals surface area contributed by atoms with Gasteiger partial charge in [0, 0.05) is 0 Å². The third-order valence-electron chi connectivity index (χ3n) is 2.79. The summed E-state index contributed by atoms with van der Waals surface area (Å²) in [5.41, 5.74) is 2.79. The molecule has 3 heteroatoms. The van der Waals surface area contributed by atoms with Gasteiger partial charge >= 0.3 is 25.8 Å². The Morgan fingerprint density at radius 1 is 0.810 bits per heavy atom. The Balaban J connectivity index is -0.000000270. The van der Waals surface area contributed by atoms with Gasteiger partial charge in [-0.2, -0.15) is 12.2 Å². The van der Waals surface area contributed by atoms with Crippen molar-refractivity contribution in [1.29, 1.82) is 0 Å². The van der Waals surface area contributed by atoms with Crippen LogP contribution in [0.1, 0.15) is 53.4 Å². The van der Waals surface area contributed by atoms with E-state index in [9.17, 15) is 0 Å². The minimum atomic E-state index is 0. The van der Waals surface area contributed by atoms with Crippen molar-refractivity contribution in [2.45, 2.75) is 53.4 Å². The maximum Gasteiger partial charge on any atom is 4.00 e. The second-order valence-corrected chi connectivity index (χ2v) is 5.81. The van der Waals surface area contributed by atoms with E-state index >= 15 is 0 Å². The maximum absolute atomic E-state index is 3.29. The van der Waals surface area contributed by atoms with Crippen LogP contribution in [0.3, 0.4) is 0 Å². The fourth-order valence-corrected chi connectivity index (χ4v) is 2.06. The average molecular weight is 675 g/mol. The van der Waals surface area contributed by atoms with Crippen molar-refractivity contribution in [3.05, 3.63) is 47.6 Å². The van der Waals surface area contributed by atoms with Gasteiger partial charge in [-0.05, 0) is 11.8 Å². The van der Waals surface area contributed by atoms with Gasteiger partial charge in [-0.15, -0.1) is 12.8 Å². The van der Waals surface area contributed by atoms with Crippen LogP contribution in [0.2, 0.25) is 0 Å². The molecule has 0 unspecified atom stereocenters. The van der Waals surface area contributed by atoms with Crippen molar-refractivity contribution in [2.24, 2.45) is 11.8 Å². The largest absolute Gasteiger partial charge is 4.00 e. The van der Waals surface area contributed by atoms with Crippen LogP contribution >= 0.6 is 0 Å². The Kier molecular flexibility index (Phi) is 20.9. The molecule has 0 amide bonds. The zero-order valence-corrected chi connectivity index (χ0v) is 21.5. The molecule has 116 valence electrons. The van der Waals surface area contributed by atoms with Gasteiger partial charge in [0.15, 0.2) is 0 Å². The first-order chi connectivity index (χ1) is 8.58. The Labute approximate surface area is 184 Å². The molecule has 0 atom stereocenters. The molecule has 0 nitrogen and oxygen atoms in total. The molecular formula is C18H26HfI2. The number of rotatable bonds is 4. The monoisotopic (exact) mass is 676 g/mol. The minimum absolute atomic E-state index is 0. The SMILES string of the molecule is CC(C)CC1=[C-]CC=C1.CC(C)CC1=[C-]CC=C1.[Hf+4].[I-].[I-]. The molecule has 0 aliphatic heterocycles. The van der Waals surface area contributed by atoms with Gasteiger partial charge in [0.05, 0.1) is 0 Å². The van der Waals surface area contributed by atoms with Crippen LogP contribution in [-0.4, -0.2) is 0 Å². The third kappa shape index (κ3) is 14.6. The summed E-state index contributed by atoms with van der Waals surface area (Å²) in [6.45, 7) is 8.95. The number of hydrogen-bond donors (Lipinski definition) is 0. The van der Waals surface area contributed by atoms with Gasteiger partial charge in [0.2, 0.25) is 0 Å². The quantitative estimate of drug-likeness (QED) is 0.214. The summed E-state index contributed by atoms with van der Waals surface area (Å²) in [6, 6.07) is 0. The summed E-state index contributed by atoms with van der Waals surface area (Å²) in [6.07, 6.45) is 19.7. The molecule has 0 fully saturated rings. The van der Waals surface area contributed by atoms with Crippen molar-refractivity contribution in [3.63, 3.8) is 0 Å². The first kappa shape index (κ1) is 27.2. The van der Waals surface area contributed by atoms with E-state index < -0.39 is 0 Å². The van der Waals surface area contributed by atoms with Gasteiger partial charge in [0.25, 0.3) is 0 Å². The summed E-state index contributed by atoms with van der Waals surface area (Å²) in [7, 11) is 0. The second-order valence-electron chi connectivity index (χ2n) is 5.81.